The van der Waals surface area contributed by atoms with Crippen LogP contribution in [0.3, 0.4) is 0 Å². The summed E-state index contributed by atoms with van der Waals surface area (Å²) in [7, 11) is 1.63. The van der Waals surface area contributed by atoms with E-state index in [0.717, 1.165) is 5.56 Å². The van der Waals surface area contributed by atoms with Crippen LogP contribution in [0.5, 0.6) is 0 Å². The van der Waals surface area contributed by atoms with Gasteiger partial charge in [0, 0.05) is 31.9 Å². The van der Waals surface area contributed by atoms with Crippen molar-refractivity contribution < 1.29 is 14.4 Å². The third kappa shape index (κ3) is 5.40. The highest BCUT2D eigenvalue weighted by Gasteiger charge is 2.34. The molecule has 0 aromatic heterocycles. The Morgan fingerprint density at radius 2 is 1.61 bits per heavy atom. The maximum atomic E-state index is 13.8. The van der Waals surface area contributed by atoms with Crippen LogP contribution in [0.2, 0.25) is 0 Å². The van der Waals surface area contributed by atoms with Crippen LogP contribution in [0.1, 0.15) is 32.6 Å². The van der Waals surface area contributed by atoms with Gasteiger partial charge in [-0.2, -0.15) is 0 Å². The SMILES string of the molecule is CN1C=CC(c2ccc(C(N)=O)cc2)=NC(NC(=O)[C@@H](Cc2ccccc2)N2Cc3ccccc3C2)C1=O. The molecule has 8 heteroatoms. The summed E-state index contributed by atoms with van der Waals surface area (Å²) < 4.78 is 0. The minimum atomic E-state index is -1.10. The Bertz CT molecular complexity index is 1390. The normalized spacial score (nSPS) is 17.9. The molecule has 2 atom stereocenters. The maximum Gasteiger partial charge on any atom is 0.271 e. The van der Waals surface area contributed by atoms with Crippen molar-refractivity contribution in [1.29, 1.82) is 0 Å². The molecule has 3 N–H and O–H groups in total. The second-order valence-corrected chi connectivity index (χ2v) is 9.51. The van der Waals surface area contributed by atoms with Crippen LogP contribution in [0, 0.1) is 0 Å². The van der Waals surface area contributed by atoms with E-state index in [-0.39, 0.29) is 11.8 Å². The fourth-order valence-electron chi connectivity index (χ4n) is 4.79. The molecule has 8 nitrogen and oxygen atoms in total. The first kappa shape index (κ1) is 25.1. The van der Waals surface area contributed by atoms with Crippen LogP contribution in [-0.2, 0) is 29.1 Å². The van der Waals surface area contributed by atoms with Crippen LogP contribution in [0.4, 0.5) is 0 Å². The standard InChI is InChI=1S/C30H29N5O3/c1-34-16-15-25(21-11-13-22(14-12-21)27(31)36)32-28(30(34)38)33-29(37)26(17-20-7-3-2-4-8-20)35-18-23-9-5-6-10-24(23)19-35/h2-16,26,28H,17-19H2,1H3,(H2,31,36)(H,33,37)/t26-,28?/m1/s1. The molecule has 0 radical (unpaired) electrons. The second kappa shape index (κ2) is 10.8. The first-order valence-electron chi connectivity index (χ1n) is 12.5. The largest absolute Gasteiger partial charge is 0.366 e. The number of fused-ring (bicyclic) bond motifs is 1. The van der Waals surface area contributed by atoms with Gasteiger partial charge in [0.15, 0.2) is 0 Å². The van der Waals surface area contributed by atoms with E-state index in [2.05, 4.69) is 27.3 Å². The maximum absolute atomic E-state index is 13.8. The van der Waals surface area contributed by atoms with Crippen molar-refractivity contribution in [3.05, 3.63) is 119 Å². The predicted molar refractivity (Wildman–Crippen MR) is 145 cm³/mol. The van der Waals surface area contributed by atoms with Gasteiger partial charge in [-0.15, -0.1) is 0 Å². The minimum Gasteiger partial charge on any atom is -0.366 e. The van der Waals surface area contributed by atoms with E-state index >= 15 is 0 Å². The van der Waals surface area contributed by atoms with Crippen LogP contribution in [0.15, 0.2) is 96.1 Å². The van der Waals surface area contributed by atoms with E-state index < -0.39 is 18.1 Å². The van der Waals surface area contributed by atoms with Gasteiger partial charge in [-0.3, -0.25) is 19.3 Å². The fraction of sp³-hybridized carbons (Fsp3) is 0.200. The molecule has 38 heavy (non-hydrogen) atoms. The van der Waals surface area contributed by atoms with E-state index in [1.165, 1.54) is 16.0 Å². The number of carbonyl (C=O) groups excluding carboxylic acids is 3. The Morgan fingerprint density at radius 1 is 0.974 bits per heavy atom. The zero-order valence-electron chi connectivity index (χ0n) is 21.1. The highest BCUT2D eigenvalue weighted by molar-refractivity contribution is 6.11. The first-order chi connectivity index (χ1) is 18.4. The number of nitrogens with one attached hydrogen (secondary N) is 1. The molecule has 2 heterocycles. The third-order valence-corrected chi connectivity index (χ3v) is 6.93. The molecule has 2 aliphatic rings. The number of nitrogens with two attached hydrogens (primary N) is 1. The molecule has 0 aliphatic carbocycles. The van der Waals surface area contributed by atoms with Gasteiger partial charge in [-0.25, -0.2) is 4.99 Å². The molecule has 2 aliphatic heterocycles. The van der Waals surface area contributed by atoms with E-state index in [4.69, 9.17) is 5.73 Å². The molecule has 5 rings (SSSR count). The van der Waals surface area contributed by atoms with Crippen molar-refractivity contribution >= 4 is 23.4 Å². The molecule has 0 fully saturated rings. The number of amides is 3. The second-order valence-electron chi connectivity index (χ2n) is 9.51. The van der Waals surface area contributed by atoms with Gasteiger partial charge < -0.3 is 16.0 Å². The molecule has 0 saturated carbocycles. The van der Waals surface area contributed by atoms with Crippen LogP contribution in [0.25, 0.3) is 0 Å². The number of aliphatic imine (C=N–C) groups is 1. The highest BCUT2D eigenvalue weighted by atomic mass is 16.2. The Hall–Kier alpha value is -4.56. The number of benzene rings is 3. The van der Waals surface area contributed by atoms with E-state index in [1.807, 2.05) is 42.5 Å². The molecular formula is C30H29N5O3. The number of carbonyl (C=O) groups is 3. The van der Waals surface area contributed by atoms with Crippen LogP contribution < -0.4 is 11.1 Å². The van der Waals surface area contributed by atoms with Crippen molar-refractivity contribution in [3.63, 3.8) is 0 Å². The Morgan fingerprint density at radius 3 is 2.24 bits per heavy atom. The van der Waals surface area contributed by atoms with Gasteiger partial charge in [0.25, 0.3) is 5.91 Å². The smallest absolute Gasteiger partial charge is 0.271 e. The molecule has 0 spiro atoms. The summed E-state index contributed by atoms with van der Waals surface area (Å²) in [6, 6.07) is 24.2. The van der Waals surface area contributed by atoms with Crippen molar-refractivity contribution in [1.82, 2.24) is 15.1 Å². The van der Waals surface area contributed by atoms with Gasteiger partial charge in [-0.05, 0) is 46.9 Å². The number of likely N-dealkylation sites (N-methyl/N-ethyl adjacent to an activating group) is 1. The van der Waals surface area contributed by atoms with E-state index in [1.54, 1.807) is 43.6 Å². The quantitative estimate of drug-likeness (QED) is 0.513. The molecule has 0 bridgehead atoms. The summed E-state index contributed by atoms with van der Waals surface area (Å²) in [5.74, 6) is -1.13. The molecule has 3 aromatic rings. The first-order valence-corrected chi connectivity index (χ1v) is 12.5. The average molecular weight is 508 g/mol. The summed E-state index contributed by atoms with van der Waals surface area (Å²) in [6.07, 6.45) is 2.73. The van der Waals surface area contributed by atoms with Gasteiger partial charge in [0.05, 0.1) is 11.8 Å². The number of rotatable bonds is 7. The Kier molecular flexibility index (Phi) is 7.15. The number of hydrogen-bond acceptors (Lipinski definition) is 5. The number of primary amides is 1. The monoisotopic (exact) mass is 507 g/mol. The summed E-state index contributed by atoms with van der Waals surface area (Å²) in [6.45, 7) is 1.31. The molecule has 3 amide bonds. The summed E-state index contributed by atoms with van der Waals surface area (Å²) in [5, 5.41) is 2.92. The van der Waals surface area contributed by atoms with Gasteiger partial charge in [0.2, 0.25) is 18.0 Å². The molecule has 1 unspecified atom stereocenters. The van der Waals surface area contributed by atoms with Crippen molar-refractivity contribution in [3.8, 4) is 0 Å². The molecule has 0 saturated heterocycles. The van der Waals surface area contributed by atoms with E-state index in [9.17, 15) is 14.4 Å². The van der Waals surface area contributed by atoms with Crippen molar-refractivity contribution in [2.24, 2.45) is 10.7 Å². The summed E-state index contributed by atoms with van der Waals surface area (Å²) in [4.78, 5) is 46.6. The van der Waals surface area contributed by atoms with Crippen LogP contribution in [-0.4, -0.2) is 52.5 Å². The predicted octanol–water partition coefficient (Wildman–Crippen LogP) is 2.63. The molecule has 192 valence electrons. The lowest BCUT2D eigenvalue weighted by Gasteiger charge is -2.28. The van der Waals surface area contributed by atoms with E-state index in [0.29, 0.717) is 36.3 Å². The number of nitrogens with zero attached hydrogens (tertiary/aromatic N) is 3. The van der Waals surface area contributed by atoms with Crippen LogP contribution >= 0.6 is 0 Å². The van der Waals surface area contributed by atoms with Gasteiger partial charge in [-0.1, -0.05) is 66.7 Å². The fourth-order valence-corrected chi connectivity index (χ4v) is 4.79. The lowest BCUT2D eigenvalue weighted by Crippen LogP contribution is -2.52. The lowest BCUT2D eigenvalue weighted by atomic mass is 10.0. The average Bonchev–Trinajstić information content (AvgIpc) is 3.31. The van der Waals surface area contributed by atoms with Crippen molar-refractivity contribution in [2.75, 3.05) is 7.05 Å². The zero-order chi connectivity index (χ0) is 26.6. The highest BCUT2D eigenvalue weighted by Crippen LogP contribution is 2.26. The molecular weight excluding hydrogens is 478 g/mol. The molecule has 3 aromatic carbocycles. The minimum absolute atomic E-state index is 0.262. The van der Waals surface area contributed by atoms with Gasteiger partial charge in [0.1, 0.15) is 0 Å². The van der Waals surface area contributed by atoms with Gasteiger partial charge >= 0.3 is 0 Å². The lowest BCUT2D eigenvalue weighted by molar-refractivity contribution is -0.135. The number of allylic oxidation sites excluding steroid dienone is 1. The zero-order valence-corrected chi connectivity index (χ0v) is 21.1. The third-order valence-electron chi connectivity index (χ3n) is 6.93. The Balaban J connectivity index is 1.41. The Labute approximate surface area is 221 Å². The van der Waals surface area contributed by atoms with Crippen molar-refractivity contribution in [2.45, 2.75) is 31.7 Å². The summed E-state index contributed by atoms with van der Waals surface area (Å²) >= 11 is 0. The topological polar surface area (TPSA) is 108 Å². The summed E-state index contributed by atoms with van der Waals surface area (Å²) in [5.41, 5.74) is 10.4. The number of hydrogen-bond donors (Lipinski definition) is 2.